The molecular weight excluding hydrogens is 585 g/mol. The Morgan fingerprint density at radius 2 is 1.69 bits per heavy atom. The Hall–Kier alpha value is -1.41. The van der Waals surface area contributed by atoms with Crippen LogP contribution in [0, 0.1) is 17.4 Å². The second-order valence-electron chi connectivity index (χ2n) is 12.2. The van der Waals surface area contributed by atoms with Crippen molar-refractivity contribution in [2.75, 3.05) is 30.2 Å². The molecule has 238 valence electrons. The molecule has 0 radical (unpaired) electrons. The lowest BCUT2D eigenvalue weighted by molar-refractivity contribution is 0.0724. The summed E-state index contributed by atoms with van der Waals surface area (Å²) in [6, 6.07) is 1.30. The van der Waals surface area contributed by atoms with E-state index in [9.17, 15) is 9.46 Å². The highest BCUT2D eigenvalue weighted by molar-refractivity contribution is 7.99. The third-order valence-corrected chi connectivity index (χ3v) is 11.6. The lowest BCUT2D eigenvalue weighted by Crippen LogP contribution is -2.25. The van der Waals surface area contributed by atoms with Gasteiger partial charge in [0.1, 0.15) is 26.3 Å². The third-order valence-electron chi connectivity index (χ3n) is 6.86. The molecule has 12 heteroatoms. The fraction of sp³-hybridized carbons (Fsp3) is 0.767. The SMILES string of the molecule is CC(C)C[Si](C)(C)C#CCCCCCCCCCCCSCCOP(=O)(O)CO[C@H](C)Cn1cnc2c(N)ncnc21. The molecule has 0 amide bonds. The first-order chi connectivity index (χ1) is 20.0. The molecule has 0 spiro atoms. The molecule has 0 fully saturated rings. The van der Waals surface area contributed by atoms with E-state index in [1.54, 1.807) is 22.7 Å². The van der Waals surface area contributed by atoms with Crippen molar-refractivity contribution in [3.8, 4) is 11.5 Å². The highest BCUT2D eigenvalue weighted by Gasteiger charge is 2.22. The predicted molar refractivity (Wildman–Crippen MR) is 179 cm³/mol. The van der Waals surface area contributed by atoms with Crippen molar-refractivity contribution >= 4 is 44.4 Å². The van der Waals surface area contributed by atoms with Gasteiger partial charge in [0.2, 0.25) is 0 Å². The first kappa shape index (κ1) is 36.8. The Kier molecular flexibility index (Phi) is 17.3. The average molecular weight is 640 g/mol. The van der Waals surface area contributed by atoms with Gasteiger partial charge in [-0.15, -0.1) is 11.5 Å². The summed E-state index contributed by atoms with van der Waals surface area (Å²) in [5.74, 6) is 6.29. The van der Waals surface area contributed by atoms with Crippen LogP contribution in [0.2, 0.25) is 19.1 Å². The van der Waals surface area contributed by atoms with Crippen LogP contribution in [0.3, 0.4) is 0 Å². The number of imidazole rings is 1. The minimum Gasteiger partial charge on any atom is -0.382 e. The highest BCUT2D eigenvalue weighted by atomic mass is 32.2. The molecule has 0 aliphatic heterocycles. The van der Waals surface area contributed by atoms with Crippen molar-refractivity contribution in [3.63, 3.8) is 0 Å². The second kappa shape index (κ2) is 19.8. The highest BCUT2D eigenvalue weighted by Crippen LogP contribution is 2.42. The summed E-state index contributed by atoms with van der Waals surface area (Å²) in [6.07, 6.45) is 14.9. The van der Waals surface area contributed by atoms with Gasteiger partial charge < -0.3 is 24.5 Å². The number of nitrogens with two attached hydrogens (primary N) is 1. The minimum absolute atomic E-state index is 0.238. The van der Waals surface area contributed by atoms with Gasteiger partial charge in [0, 0.05) is 12.2 Å². The maximum Gasteiger partial charge on any atom is 0.353 e. The molecule has 2 rings (SSSR count). The smallest absolute Gasteiger partial charge is 0.353 e. The number of nitrogen functional groups attached to an aromatic ring is 1. The fourth-order valence-corrected chi connectivity index (χ4v) is 9.57. The summed E-state index contributed by atoms with van der Waals surface area (Å²) >= 11 is 1.77. The summed E-state index contributed by atoms with van der Waals surface area (Å²) in [5.41, 5.74) is 10.6. The Labute approximate surface area is 259 Å². The van der Waals surface area contributed by atoms with Crippen molar-refractivity contribution in [2.24, 2.45) is 5.92 Å². The molecule has 0 aliphatic carbocycles. The van der Waals surface area contributed by atoms with Crippen LogP contribution >= 0.6 is 19.4 Å². The molecule has 0 bridgehead atoms. The largest absolute Gasteiger partial charge is 0.382 e. The first-order valence-corrected chi connectivity index (χ1v) is 21.7. The number of fused-ring (bicyclic) bond motifs is 1. The normalized spacial score (nSPS) is 14.2. The van der Waals surface area contributed by atoms with Gasteiger partial charge in [0.05, 0.1) is 25.6 Å². The molecule has 0 saturated heterocycles. The lowest BCUT2D eigenvalue weighted by atomic mass is 10.1. The monoisotopic (exact) mass is 639 g/mol. The number of aromatic nitrogens is 4. The number of anilines is 1. The van der Waals surface area contributed by atoms with Gasteiger partial charge in [-0.25, -0.2) is 15.0 Å². The van der Waals surface area contributed by atoms with E-state index >= 15 is 0 Å². The Balaban J connectivity index is 1.40. The summed E-state index contributed by atoms with van der Waals surface area (Å²) in [4.78, 5) is 22.5. The molecule has 3 N–H and O–H groups in total. The van der Waals surface area contributed by atoms with Gasteiger partial charge in [-0.2, -0.15) is 11.8 Å². The van der Waals surface area contributed by atoms with Crippen molar-refractivity contribution in [2.45, 2.75) is 117 Å². The van der Waals surface area contributed by atoms with Crippen molar-refractivity contribution in [1.29, 1.82) is 0 Å². The standard InChI is InChI=1S/C30H54N5O4PSSi/c1-26(2)22-42(4,5)20-16-14-12-10-8-6-7-9-11-13-15-18-41-19-17-39-40(36,37)25-38-27(3)21-35-24-34-28-29(31)32-23-33-30(28)35/h23-24,26-27H,6-15,17-19,21-22,25H2,1-5H3,(H,36,37)(H2,31,32,33)/t27-/m1/s1. The van der Waals surface area contributed by atoms with Crippen LogP contribution in [0.5, 0.6) is 0 Å². The number of rotatable bonds is 22. The number of hydrogen-bond donors (Lipinski definition) is 2. The Morgan fingerprint density at radius 1 is 1.02 bits per heavy atom. The molecule has 0 aliphatic rings. The van der Waals surface area contributed by atoms with Gasteiger partial charge in [-0.3, -0.25) is 4.57 Å². The van der Waals surface area contributed by atoms with E-state index in [0.717, 1.165) is 18.1 Å². The van der Waals surface area contributed by atoms with Crippen molar-refractivity contribution < 1.29 is 18.7 Å². The van der Waals surface area contributed by atoms with E-state index in [1.807, 2.05) is 6.92 Å². The van der Waals surface area contributed by atoms with Crippen LogP contribution in [0.15, 0.2) is 12.7 Å². The topological polar surface area (TPSA) is 125 Å². The van der Waals surface area contributed by atoms with Gasteiger partial charge in [-0.05, 0) is 37.5 Å². The summed E-state index contributed by atoms with van der Waals surface area (Å²) in [6.45, 7) is 11.9. The number of nitrogens with zero attached hydrogens (tertiary/aromatic N) is 4. The van der Waals surface area contributed by atoms with Crippen LogP contribution in [0.1, 0.15) is 85.0 Å². The first-order valence-electron chi connectivity index (χ1n) is 15.6. The number of thioether (sulfide) groups is 1. The van der Waals surface area contributed by atoms with Crippen molar-refractivity contribution in [1.82, 2.24) is 19.5 Å². The maximum absolute atomic E-state index is 12.3. The Morgan fingerprint density at radius 3 is 2.38 bits per heavy atom. The van der Waals surface area contributed by atoms with E-state index in [1.165, 1.54) is 70.2 Å². The van der Waals surface area contributed by atoms with E-state index in [-0.39, 0.29) is 19.1 Å². The van der Waals surface area contributed by atoms with Crippen LogP contribution < -0.4 is 5.73 Å². The molecule has 0 aromatic carbocycles. The van der Waals surface area contributed by atoms with Crippen LogP contribution in [-0.2, 0) is 20.4 Å². The summed E-state index contributed by atoms with van der Waals surface area (Å²) in [5, 5.41) is 0. The zero-order valence-electron chi connectivity index (χ0n) is 26.5. The summed E-state index contributed by atoms with van der Waals surface area (Å²) in [7, 11) is -5.11. The molecular formula is C30H54N5O4PSSi. The van der Waals surface area contributed by atoms with Crippen LogP contribution in [0.4, 0.5) is 5.82 Å². The van der Waals surface area contributed by atoms with Gasteiger partial charge >= 0.3 is 7.60 Å². The van der Waals surface area contributed by atoms with E-state index in [4.69, 9.17) is 15.0 Å². The lowest BCUT2D eigenvalue weighted by Gasteiger charge is -2.17. The molecule has 2 heterocycles. The molecule has 42 heavy (non-hydrogen) atoms. The molecule has 2 atom stereocenters. The molecule has 9 nitrogen and oxygen atoms in total. The van der Waals surface area contributed by atoms with Gasteiger partial charge in [0.25, 0.3) is 0 Å². The van der Waals surface area contributed by atoms with Crippen LogP contribution in [-0.4, -0.2) is 63.1 Å². The van der Waals surface area contributed by atoms with Crippen LogP contribution in [0.25, 0.3) is 11.2 Å². The Bertz CT molecular complexity index is 1150. The molecule has 0 saturated carbocycles. The van der Waals surface area contributed by atoms with Crippen molar-refractivity contribution in [3.05, 3.63) is 12.7 Å². The number of hydrogen-bond acceptors (Lipinski definition) is 8. The molecule has 1 unspecified atom stereocenters. The van der Waals surface area contributed by atoms with E-state index in [0.29, 0.717) is 29.3 Å². The summed E-state index contributed by atoms with van der Waals surface area (Å²) < 4.78 is 25.0. The fourth-order valence-electron chi connectivity index (χ4n) is 4.99. The van der Waals surface area contributed by atoms with E-state index < -0.39 is 15.7 Å². The van der Waals surface area contributed by atoms with Gasteiger partial charge in [0.15, 0.2) is 11.5 Å². The maximum atomic E-state index is 12.3. The quantitative estimate of drug-likeness (QED) is 0.0582. The number of unbranched alkanes of at least 4 members (excludes halogenated alkanes) is 9. The zero-order chi connectivity index (χ0) is 30.8. The molecule has 2 aromatic rings. The number of ether oxygens (including phenoxy) is 1. The molecule has 2 aromatic heterocycles. The third kappa shape index (κ3) is 15.9. The second-order valence-corrected chi connectivity index (χ2v) is 19.7. The predicted octanol–water partition coefficient (Wildman–Crippen LogP) is 7.51. The van der Waals surface area contributed by atoms with Gasteiger partial charge in [-0.1, -0.05) is 71.9 Å². The minimum atomic E-state index is -3.80. The van der Waals surface area contributed by atoms with E-state index in [2.05, 4.69) is 53.4 Å². The average Bonchev–Trinajstić information content (AvgIpc) is 3.32. The zero-order valence-corrected chi connectivity index (χ0v) is 29.2.